The van der Waals surface area contributed by atoms with Crippen molar-refractivity contribution in [2.45, 2.75) is 0 Å². The van der Waals surface area contributed by atoms with E-state index in [1.807, 2.05) is 0 Å². The van der Waals surface area contributed by atoms with Gasteiger partial charge in [0.1, 0.15) is 5.35 Å². The highest BCUT2D eigenvalue weighted by Crippen LogP contribution is 1.46. The average Bonchev–Trinajstić information content (AvgIpc) is 1.38. The molecule has 0 aromatic heterocycles. The lowest BCUT2D eigenvalue weighted by Gasteiger charge is -1.80. The number of rotatable bonds is 1. The molecule has 0 amide bonds. The molecule has 0 fully saturated rings. The van der Waals surface area contributed by atoms with Gasteiger partial charge in [-0.15, -0.1) is 0 Å². The van der Waals surface area contributed by atoms with Crippen LogP contribution in [0.1, 0.15) is 1.43 Å². The summed E-state index contributed by atoms with van der Waals surface area (Å²) in [7, 11) is 2.66. The van der Waals surface area contributed by atoms with Gasteiger partial charge in [-0.05, 0) is 6.08 Å². The van der Waals surface area contributed by atoms with E-state index in [2.05, 4.69) is 16.4 Å². The van der Waals surface area contributed by atoms with Crippen LogP contribution in [0.2, 0.25) is 0 Å². The summed E-state index contributed by atoms with van der Waals surface area (Å²) < 4.78 is 0. The molecule has 0 N–H and O–H groups in total. The van der Waals surface area contributed by atoms with Gasteiger partial charge in [0.2, 0.25) is 0 Å². The monoisotopic (exact) mass is 84.0 g/mol. The van der Waals surface area contributed by atoms with Crippen LogP contribution in [0, 0.1) is 0 Å². The van der Waals surface area contributed by atoms with Gasteiger partial charge >= 0.3 is 11.3 Å². The van der Waals surface area contributed by atoms with Gasteiger partial charge in [0.05, 0.1) is 0 Å². The summed E-state index contributed by atoms with van der Waals surface area (Å²) in [6, 6.07) is 0. The van der Waals surface area contributed by atoms with Gasteiger partial charge in [-0.1, -0.05) is 6.58 Å². The second kappa shape index (κ2) is 1.90. The van der Waals surface area contributed by atoms with E-state index in [-0.39, 0.29) is 6.78 Å². The lowest BCUT2D eigenvalue weighted by atomic mass is 10.7. The van der Waals surface area contributed by atoms with E-state index in [0.717, 1.165) is 0 Å². The van der Waals surface area contributed by atoms with Gasteiger partial charge in [-0.2, -0.15) is 0 Å². The summed E-state index contributed by atoms with van der Waals surface area (Å²) >= 11 is 0. The largest absolute Gasteiger partial charge is 1.00 e. The Labute approximate surface area is 35.5 Å². The number of hydrogen-bond donors (Lipinski definition) is 0. The minimum Gasteiger partial charge on any atom is -0.845 e. The third kappa shape index (κ3) is 3.63. The molecule has 0 aromatic carbocycles. The summed E-state index contributed by atoms with van der Waals surface area (Å²) in [4.78, 5) is 0. The van der Waals surface area contributed by atoms with Crippen LogP contribution in [0.3, 0.4) is 0 Å². The number of hydrogen-bond acceptors (Lipinski definition) is 1. The second-order valence-electron chi connectivity index (χ2n) is 0.568. The molecule has 5 heavy (non-hydrogen) atoms. The predicted octanol–water partition coefficient (Wildman–Crippen LogP) is -1.06. The topological polar surface area (TPSA) is 23.1 Å². The molecule has 0 aliphatic rings. The molecule has 0 saturated heterocycles. The molecule has 0 aliphatic carbocycles. The third-order valence-corrected chi connectivity index (χ3v) is 0.390. The summed E-state index contributed by atoms with van der Waals surface area (Å²) in [5.74, 6) is 0. The molecule has 0 atom stereocenters. The predicted molar refractivity (Wildman–Crippen MR) is 22.1 cm³/mol. The van der Waals surface area contributed by atoms with Gasteiger partial charge in [-0.3, -0.25) is 0 Å². The third-order valence-electron chi connectivity index (χ3n) is 0.185. The minimum absolute atomic E-state index is 0. The molecule has 0 unspecified atom stereocenters. The van der Waals surface area contributed by atoms with Crippen LogP contribution < -0.4 is 5.11 Å². The van der Waals surface area contributed by atoms with Crippen LogP contribution in [0.15, 0.2) is 12.7 Å². The lowest BCUT2D eigenvalue weighted by Crippen LogP contribution is -2.12. The Morgan fingerprint density at radius 3 is 2.40 bits per heavy atom. The Kier molecular flexibility index (Phi) is 1.76. The standard InChI is InChI=1S/C3H4OSi/c1-2-3(4)5/h2,4H,1H2/q+1. The average molecular weight is 84.1 g/mol. The van der Waals surface area contributed by atoms with Crippen LogP contribution >= 0.6 is 0 Å². The zero-order chi connectivity index (χ0) is 4.28. The summed E-state index contributed by atoms with van der Waals surface area (Å²) in [6.45, 7) is 3.16. The van der Waals surface area contributed by atoms with E-state index in [0.29, 0.717) is 0 Å². The molecule has 2 heteroatoms. The maximum absolute atomic E-state index is 9.61. The minimum atomic E-state index is -0.176. The van der Waals surface area contributed by atoms with Crippen molar-refractivity contribution in [3.8, 4) is 0 Å². The molecule has 25 valence electrons. The quantitative estimate of drug-likeness (QED) is 0.371. The molecular weight excluding hydrogens is 80.1 g/mol. The van der Waals surface area contributed by atoms with Crippen LogP contribution in [-0.4, -0.2) is 15.2 Å². The Hall–Kier alpha value is -0.373. The van der Waals surface area contributed by atoms with E-state index in [4.69, 9.17) is 0 Å². The highest BCUT2D eigenvalue weighted by atomic mass is 28.1. The van der Waals surface area contributed by atoms with E-state index >= 15 is 0 Å². The van der Waals surface area contributed by atoms with Crippen LogP contribution in [-0.2, 0) is 0 Å². The summed E-state index contributed by atoms with van der Waals surface area (Å²) in [5, 5.41) is 9.43. The van der Waals surface area contributed by atoms with Gasteiger partial charge in [0, 0.05) is 0 Å². The Morgan fingerprint density at radius 1 is 2.20 bits per heavy atom. The molecule has 0 bridgehead atoms. The fourth-order valence-electron chi connectivity index (χ4n) is 0. The summed E-state index contributed by atoms with van der Waals surface area (Å²) in [6.07, 6.45) is 1.19. The molecule has 0 aliphatic heterocycles. The van der Waals surface area contributed by atoms with Crippen LogP contribution in [0.5, 0.6) is 0 Å². The first-order valence-electron chi connectivity index (χ1n) is 1.15. The molecule has 0 spiro atoms. The van der Waals surface area contributed by atoms with Crippen molar-refractivity contribution in [3.63, 3.8) is 0 Å². The first kappa shape index (κ1) is 4.63. The highest BCUT2D eigenvalue weighted by Gasteiger charge is 1.70. The fraction of sp³-hybridized carbons (Fsp3) is 0. The van der Waals surface area contributed by atoms with E-state index < -0.39 is 0 Å². The molecular formula is C3H4OSi+. The normalized spacial score (nSPS) is 6.20. The molecule has 1 radical (unpaired) electrons. The lowest BCUT2D eigenvalue weighted by molar-refractivity contribution is -0.206. The Morgan fingerprint density at radius 2 is 2.40 bits per heavy atom. The van der Waals surface area contributed by atoms with Crippen molar-refractivity contribution in [1.82, 2.24) is 0 Å². The second-order valence-corrected chi connectivity index (χ2v) is 1.06. The van der Waals surface area contributed by atoms with E-state index in [1.54, 1.807) is 0 Å². The van der Waals surface area contributed by atoms with Gasteiger partial charge in [0.15, 0.2) is 0 Å². The zero-order valence-electron chi connectivity index (χ0n) is 3.69. The van der Waals surface area contributed by atoms with Crippen LogP contribution in [0.25, 0.3) is 0 Å². The summed E-state index contributed by atoms with van der Waals surface area (Å²) in [5.41, 5.74) is 0. The molecule has 1 nitrogen and oxygen atoms in total. The van der Waals surface area contributed by atoms with E-state index in [1.165, 1.54) is 6.08 Å². The molecule has 0 aromatic rings. The highest BCUT2D eigenvalue weighted by molar-refractivity contribution is 6.36. The first-order chi connectivity index (χ1) is 2.27. The van der Waals surface area contributed by atoms with Crippen molar-refractivity contribution in [3.05, 3.63) is 12.7 Å². The SMILES string of the molecule is C=CC([O-])=[Si+].[H+]. The fourth-order valence-corrected chi connectivity index (χ4v) is 0. The van der Waals surface area contributed by atoms with Crippen molar-refractivity contribution < 1.29 is 6.53 Å². The van der Waals surface area contributed by atoms with Gasteiger partial charge < -0.3 is 5.11 Å². The zero-order valence-corrected chi connectivity index (χ0v) is 3.69. The van der Waals surface area contributed by atoms with Crippen molar-refractivity contribution in [2.75, 3.05) is 0 Å². The first-order valence-corrected chi connectivity index (χ1v) is 1.65. The molecule has 0 saturated carbocycles. The maximum Gasteiger partial charge on any atom is 1.00 e. The van der Waals surface area contributed by atoms with E-state index in [9.17, 15) is 5.11 Å². The van der Waals surface area contributed by atoms with Gasteiger partial charge in [-0.25, -0.2) is 0 Å². The Balaban J connectivity index is 0. The van der Waals surface area contributed by atoms with Crippen LogP contribution in [0.4, 0.5) is 0 Å². The van der Waals surface area contributed by atoms with Gasteiger partial charge in [0.25, 0.3) is 0 Å². The molecule has 0 heterocycles. The molecule has 0 rings (SSSR count). The van der Waals surface area contributed by atoms with Crippen molar-refractivity contribution in [1.29, 1.82) is 0 Å². The smallest absolute Gasteiger partial charge is 0.845 e. The Bertz CT molecular complexity index is 61.8. The van der Waals surface area contributed by atoms with Crippen molar-refractivity contribution >= 4 is 15.2 Å². The maximum atomic E-state index is 9.61. The van der Waals surface area contributed by atoms with Crippen molar-refractivity contribution in [2.24, 2.45) is 0 Å².